The number of hydrogen-bond donors (Lipinski definition) is 1. The van der Waals surface area contributed by atoms with Crippen molar-refractivity contribution in [1.82, 2.24) is 0 Å². The first-order valence-electron chi connectivity index (χ1n) is 4.48. The van der Waals surface area contributed by atoms with Gasteiger partial charge in [0.15, 0.2) is 0 Å². The van der Waals surface area contributed by atoms with Gasteiger partial charge in [-0.1, -0.05) is 13.8 Å². The molecule has 1 rings (SSSR count). The van der Waals surface area contributed by atoms with E-state index < -0.39 is 5.97 Å². The Hall–Kier alpha value is -0.900. The lowest BCUT2D eigenvalue weighted by Gasteiger charge is -2.03. The van der Waals surface area contributed by atoms with Gasteiger partial charge in [-0.05, 0) is 17.7 Å². The van der Waals surface area contributed by atoms with Crippen LogP contribution in [0.3, 0.4) is 0 Å². The lowest BCUT2D eigenvalue weighted by molar-refractivity contribution is 0.0661. The fourth-order valence-electron chi connectivity index (χ4n) is 1.04. The average Bonchev–Trinajstić information content (AvgIpc) is 2.51. The molecule has 0 atom stereocenters. The number of thioether (sulfide) groups is 1. The second kappa shape index (κ2) is 5.10. The molecule has 3 nitrogen and oxygen atoms in total. The molecular weight excluding hydrogens is 200 g/mol. The second-order valence-corrected chi connectivity index (χ2v) is 4.52. The van der Waals surface area contributed by atoms with Crippen LogP contribution >= 0.6 is 11.8 Å². The third-order valence-electron chi connectivity index (χ3n) is 1.65. The molecule has 0 amide bonds. The minimum absolute atomic E-state index is 0.0706. The number of carbonyl (C=O) groups is 1. The molecule has 1 aromatic heterocycles. The molecule has 78 valence electrons. The van der Waals surface area contributed by atoms with Crippen molar-refractivity contribution < 1.29 is 14.3 Å². The monoisotopic (exact) mass is 214 g/mol. The van der Waals surface area contributed by atoms with E-state index in [0.29, 0.717) is 11.7 Å². The first-order valence-corrected chi connectivity index (χ1v) is 5.64. The summed E-state index contributed by atoms with van der Waals surface area (Å²) in [6.45, 7) is 4.28. The third-order valence-corrected chi connectivity index (χ3v) is 3.07. The predicted octanol–water partition coefficient (Wildman–Crippen LogP) is 2.87. The Balaban J connectivity index is 2.50. The zero-order chi connectivity index (χ0) is 10.6. The highest BCUT2D eigenvalue weighted by Crippen LogP contribution is 2.19. The molecule has 0 spiro atoms. The van der Waals surface area contributed by atoms with Gasteiger partial charge in [-0.25, -0.2) is 4.79 Å². The molecule has 0 unspecified atom stereocenters. The van der Waals surface area contributed by atoms with Crippen LogP contribution in [0, 0.1) is 5.92 Å². The largest absolute Gasteiger partial charge is 0.475 e. The van der Waals surface area contributed by atoms with Crippen LogP contribution in [0.4, 0.5) is 0 Å². The molecule has 0 aromatic carbocycles. The zero-order valence-corrected chi connectivity index (χ0v) is 9.13. The van der Waals surface area contributed by atoms with Gasteiger partial charge in [-0.2, -0.15) is 11.8 Å². The normalized spacial score (nSPS) is 10.8. The van der Waals surface area contributed by atoms with Crippen LogP contribution in [0.25, 0.3) is 0 Å². The van der Waals surface area contributed by atoms with Crippen molar-refractivity contribution in [2.24, 2.45) is 5.92 Å². The summed E-state index contributed by atoms with van der Waals surface area (Å²) in [5, 5.41) is 8.76. The molecule has 0 fully saturated rings. The number of rotatable bonds is 5. The Morgan fingerprint density at radius 3 is 2.93 bits per heavy atom. The molecule has 1 N–H and O–H groups in total. The minimum Gasteiger partial charge on any atom is -0.475 e. The summed E-state index contributed by atoms with van der Waals surface area (Å²) in [6, 6.07) is 1.72. The molecule has 0 saturated carbocycles. The van der Waals surface area contributed by atoms with Crippen molar-refractivity contribution in [2.75, 3.05) is 5.75 Å². The van der Waals surface area contributed by atoms with E-state index in [0.717, 1.165) is 11.3 Å². The van der Waals surface area contributed by atoms with Crippen molar-refractivity contribution >= 4 is 17.7 Å². The molecule has 0 aliphatic heterocycles. The molecule has 0 radical (unpaired) electrons. The smallest absolute Gasteiger partial charge is 0.372 e. The topological polar surface area (TPSA) is 50.4 Å². The number of aromatic carboxylic acids is 1. The van der Waals surface area contributed by atoms with Gasteiger partial charge in [0.1, 0.15) is 0 Å². The Morgan fingerprint density at radius 2 is 2.36 bits per heavy atom. The number of furan rings is 1. The van der Waals surface area contributed by atoms with Crippen molar-refractivity contribution in [3.63, 3.8) is 0 Å². The Kier molecular flexibility index (Phi) is 4.07. The van der Waals surface area contributed by atoms with Crippen molar-refractivity contribution in [2.45, 2.75) is 19.6 Å². The molecule has 0 saturated heterocycles. The standard InChI is InChI=1S/C10H14O3S/c1-7(2)5-14-6-8-3-4-13-9(8)10(11)12/h3-4,7H,5-6H2,1-2H3,(H,11,12). The van der Waals surface area contributed by atoms with E-state index in [4.69, 9.17) is 9.52 Å². The predicted molar refractivity (Wildman–Crippen MR) is 56.7 cm³/mol. The summed E-state index contributed by atoms with van der Waals surface area (Å²) < 4.78 is 4.87. The highest BCUT2D eigenvalue weighted by Gasteiger charge is 2.13. The maximum atomic E-state index is 10.7. The van der Waals surface area contributed by atoms with Crippen LogP contribution in [0.5, 0.6) is 0 Å². The highest BCUT2D eigenvalue weighted by molar-refractivity contribution is 7.98. The van der Waals surface area contributed by atoms with E-state index in [-0.39, 0.29) is 5.76 Å². The van der Waals surface area contributed by atoms with Crippen LogP contribution < -0.4 is 0 Å². The lowest BCUT2D eigenvalue weighted by atomic mass is 10.3. The number of hydrogen-bond acceptors (Lipinski definition) is 3. The molecule has 1 heterocycles. The zero-order valence-electron chi connectivity index (χ0n) is 8.32. The number of carboxylic acids is 1. The van der Waals surface area contributed by atoms with Gasteiger partial charge in [-0.3, -0.25) is 0 Å². The van der Waals surface area contributed by atoms with E-state index in [1.165, 1.54) is 6.26 Å². The van der Waals surface area contributed by atoms with Crippen LogP contribution in [-0.4, -0.2) is 16.8 Å². The third kappa shape index (κ3) is 3.10. The fourth-order valence-corrected chi connectivity index (χ4v) is 2.08. The van der Waals surface area contributed by atoms with Gasteiger partial charge < -0.3 is 9.52 Å². The van der Waals surface area contributed by atoms with Gasteiger partial charge in [0, 0.05) is 11.3 Å². The van der Waals surface area contributed by atoms with Gasteiger partial charge in [0.25, 0.3) is 0 Å². The van der Waals surface area contributed by atoms with Gasteiger partial charge in [0.2, 0.25) is 5.76 Å². The summed E-state index contributed by atoms with van der Waals surface area (Å²) in [4.78, 5) is 10.7. The summed E-state index contributed by atoms with van der Waals surface area (Å²) >= 11 is 1.73. The summed E-state index contributed by atoms with van der Waals surface area (Å²) in [5.41, 5.74) is 0.767. The SMILES string of the molecule is CC(C)CSCc1ccoc1C(=O)O. The summed E-state index contributed by atoms with van der Waals surface area (Å²) in [5.74, 6) is 1.44. The summed E-state index contributed by atoms with van der Waals surface area (Å²) in [6.07, 6.45) is 1.43. The van der Waals surface area contributed by atoms with Gasteiger partial charge in [-0.15, -0.1) is 0 Å². The second-order valence-electron chi connectivity index (χ2n) is 3.49. The van der Waals surface area contributed by atoms with Crippen molar-refractivity contribution in [1.29, 1.82) is 0 Å². The molecule has 0 bridgehead atoms. The van der Waals surface area contributed by atoms with Crippen LogP contribution in [0.15, 0.2) is 16.7 Å². The van der Waals surface area contributed by atoms with E-state index in [2.05, 4.69) is 13.8 Å². The fraction of sp³-hybridized carbons (Fsp3) is 0.500. The van der Waals surface area contributed by atoms with E-state index in [1.807, 2.05) is 0 Å². The first-order chi connectivity index (χ1) is 6.61. The van der Waals surface area contributed by atoms with E-state index in [1.54, 1.807) is 17.8 Å². The number of carboxylic acid groups (broad SMARTS) is 1. The van der Waals surface area contributed by atoms with Crippen LogP contribution in [-0.2, 0) is 5.75 Å². The molecular formula is C10H14O3S. The molecule has 0 aliphatic rings. The van der Waals surface area contributed by atoms with Crippen LogP contribution in [0.2, 0.25) is 0 Å². The van der Waals surface area contributed by atoms with Crippen LogP contribution in [0.1, 0.15) is 30.0 Å². The molecule has 1 aromatic rings. The lowest BCUT2D eigenvalue weighted by Crippen LogP contribution is -1.98. The Labute approximate surface area is 87.5 Å². The maximum Gasteiger partial charge on any atom is 0.372 e. The van der Waals surface area contributed by atoms with Crippen molar-refractivity contribution in [3.05, 3.63) is 23.7 Å². The van der Waals surface area contributed by atoms with Gasteiger partial charge >= 0.3 is 5.97 Å². The van der Waals surface area contributed by atoms with E-state index in [9.17, 15) is 4.79 Å². The van der Waals surface area contributed by atoms with Crippen molar-refractivity contribution in [3.8, 4) is 0 Å². The molecule has 4 heteroatoms. The maximum absolute atomic E-state index is 10.7. The average molecular weight is 214 g/mol. The quantitative estimate of drug-likeness (QED) is 0.818. The Bertz CT molecular complexity index is 304. The molecule has 14 heavy (non-hydrogen) atoms. The minimum atomic E-state index is -0.991. The highest BCUT2D eigenvalue weighted by atomic mass is 32.2. The summed E-state index contributed by atoms with van der Waals surface area (Å²) in [7, 11) is 0. The van der Waals surface area contributed by atoms with E-state index >= 15 is 0 Å². The Morgan fingerprint density at radius 1 is 1.64 bits per heavy atom. The first kappa shape index (κ1) is 11.2. The van der Waals surface area contributed by atoms with Gasteiger partial charge in [0.05, 0.1) is 6.26 Å². The molecule has 0 aliphatic carbocycles.